The van der Waals surface area contributed by atoms with Crippen LogP contribution in [-0.4, -0.2) is 22.3 Å². The topological polar surface area (TPSA) is 79.7 Å². The van der Waals surface area contributed by atoms with Crippen LogP contribution >= 0.6 is 11.3 Å². The molecule has 6 heteroatoms. The highest BCUT2D eigenvalue weighted by Crippen LogP contribution is 2.34. The van der Waals surface area contributed by atoms with Gasteiger partial charge >= 0.3 is 0 Å². The molecule has 3 rings (SSSR count). The average molecular weight is 233 g/mol. The predicted molar refractivity (Wildman–Crippen MR) is 65.0 cm³/mol. The number of rotatable bonds is 1. The van der Waals surface area contributed by atoms with Crippen molar-refractivity contribution in [2.45, 2.75) is 6.42 Å². The third-order valence-electron chi connectivity index (χ3n) is 2.63. The minimum atomic E-state index is -0.0477. The summed E-state index contributed by atoms with van der Waals surface area (Å²) >= 11 is 1.65. The molecule has 0 amide bonds. The molecule has 2 aromatic rings. The molecule has 0 radical (unpaired) electrons. The first kappa shape index (κ1) is 9.41. The molecule has 0 unspecified atom stereocenters. The lowest BCUT2D eigenvalue weighted by atomic mass is 10.2. The van der Waals surface area contributed by atoms with E-state index in [0.717, 1.165) is 34.9 Å². The summed E-state index contributed by atoms with van der Waals surface area (Å²) in [5.41, 5.74) is 7.61. The Kier molecular flexibility index (Phi) is 1.97. The van der Waals surface area contributed by atoms with Gasteiger partial charge in [-0.05, 0) is 17.9 Å². The number of thiophene rings is 1. The molecule has 82 valence electrons. The third kappa shape index (κ3) is 1.23. The van der Waals surface area contributed by atoms with Crippen LogP contribution in [0.25, 0.3) is 10.6 Å². The Balaban J connectivity index is 2.20. The molecule has 0 atom stereocenters. The smallest absolute Gasteiger partial charge is 0.215 e. The van der Waals surface area contributed by atoms with Gasteiger partial charge in [0.2, 0.25) is 5.96 Å². The fourth-order valence-electron chi connectivity index (χ4n) is 1.96. The molecule has 4 N–H and O–H groups in total. The van der Waals surface area contributed by atoms with Gasteiger partial charge in [-0.15, -0.1) is 11.3 Å². The van der Waals surface area contributed by atoms with E-state index < -0.39 is 0 Å². The van der Waals surface area contributed by atoms with Crippen molar-refractivity contribution >= 4 is 23.1 Å². The molecule has 0 aliphatic carbocycles. The van der Waals surface area contributed by atoms with Gasteiger partial charge in [0.1, 0.15) is 11.5 Å². The van der Waals surface area contributed by atoms with Gasteiger partial charge in [0.15, 0.2) is 0 Å². The van der Waals surface area contributed by atoms with Crippen molar-refractivity contribution in [3.63, 3.8) is 0 Å². The van der Waals surface area contributed by atoms with E-state index in [2.05, 4.69) is 10.4 Å². The highest BCUT2D eigenvalue weighted by molar-refractivity contribution is 7.13. The number of hydrogen-bond acceptors (Lipinski definition) is 4. The van der Waals surface area contributed by atoms with Gasteiger partial charge in [0.25, 0.3) is 0 Å². The molecule has 0 spiro atoms. The molecule has 5 nitrogen and oxygen atoms in total. The van der Waals surface area contributed by atoms with Crippen molar-refractivity contribution in [1.82, 2.24) is 9.78 Å². The molecule has 1 aliphatic rings. The number of anilines is 1. The normalized spacial score (nSPS) is 13.5. The maximum Gasteiger partial charge on any atom is 0.215 e. The summed E-state index contributed by atoms with van der Waals surface area (Å²) in [7, 11) is 0. The number of nitrogens with zero attached hydrogens (tertiary/aromatic N) is 2. The third-order valence-corrected chi connectivity index (χ3v) is 3.51. The van der Waals surface area contributed by atoms with Crippen LogP contribution in [0.15, 0.2) is 17.5 Å². The molecule has 2 aromatic heterocycles. The summed E-state index contributed by atoms with van der Waals surface area (Å²) in [5, 5.41) is 17.1. The van der Waals surface area contributed by atoms with Crippen LogP contribution in [-0.2, 0) is 6.42 Å². The van der Waals surface area contributed by atoms with Gasteiger partial charge in [-0.3, -0.25) is 5.41 Å². The Hall–Kier alpha value is -1.82. The highest BCUT2D eigenvalue weighted by Gasteiger charge is 2.24. The summed E-state index contributed by atoms with van der Waals surface area (Å²) in [6.07, 6.45) is 0.940. The molecule has 0 saturated carbocycles. The van der Waals surface area contributed by atoms with Gasteiger partial charge in [-0.25, -0.2) is 0 Å². The van der Waals surface area contributed by atoms with E-state index in [9.17, 15) is 0 Å². The molecular weight excluding hydrogens is 222 g/mol. The maximum absolute atomic E-state index is 7.48. The van der Waals surface area contributed by atoms with E-state index >= 15 is 0 Å². The Morgan fingerprint density at radius 1 is 1.62 bits per heavy atom. The summed E-state index contributed by atoms with van der Waals surface area (Å²) in [4.78, 5) is 1.12. The van der Waals surface area contributed by atoms with E-state index in [1.54, 1.807) is 11.3 Å². The Morgan fingerprint density at radius 3 is 3.19 bits per heavy atom. The molecule has 0 fully saturated rings. The standard InChI is InChI=1S/C10H11N5S/c11-10(12)15-9-6(3-4-13-9)8(14-15)7-2-1-5-16-7/h1-2,5,13H,3-4H2,(H3,11,12). The largest absolute Gasteiger partial charge is 0.369 e. The lowest BCUT2D eigenvalue weighted by Gasteiger charge is -2.01. The minimum Gasteiger partial charge on any atom is -0.369 e. The van der Waals surface area contributed by atoms with Gasteiger partial charge < -0.3 is 11.1 Å². The molecule has 16 heavy (non-hydrogen) atoms. The number of nitrogens with two attached hydrogens (primary N) is 1. The van der Waals surface area contributed by atoms with E-state index in [4.69, 9.17) is 11.1 Å². The summed E-state index contributed by atoms with van der Waals surface area (Å²) in [5.74, 6) is 0.823. The van der Waals surface area contributed by atoms with Crippen molar-refractivity contribution in [2.75, 3.05) is 11.9 Å². The zero-order chi connectivity index (χ0) is 11.1. The number of hydrogen-bond donors (Lipinski definition) is 3. The first-order valence-corrected chi connectivity index (χ1v) is 5.89. The van der Waals surface area contributed by atoms with Gasteiger partial charge in [0.05, 0.1) is 4.88 Å². The van der Waals surface area contributed by atoms with Crippen LogP contribution in [0.3, 0.4) is 0 Å². The average Bonchev–Trinajstić information content (AvgIpc) is 2.93. The van der Waals surface area contributed by atoms with E-state index in [1.165, 1.54) is 4.68 Å². The van der Waals surface area contributed by atoms with E-state index in [1.807, 2.05) is 17.5 Å². The Labute approximate surface area is 96.4 Å². The molecule has 0 aromatic carbocycles. The van der Waals surface area contributed by atoms with Crippen molar-refractivity contribution in [3.8, 4) is 10.6 Å². The second-order valence-electron chi connectivity index (χ2n) is 3.63. The van der Waals surface area contributed by atoms with Crippen molar-refractivity contribution < 1.29 is 0 Å². The van der Waals surface area contributed by atoms with Crippen molar-refractivity contribution in [2.24, 2.45) is 5.73 Å². The van der Waals surface area contributed by atoms with Crippen LogP contribution in [0.1, 0.15) is 5.56 Å². The molecule has 1 aliphatic heterocycles. The van der Waals surface area contributed by atoms with Crippen molar-refractivity contribution in [1.29, 1.82) is 5.41 Å². The lowest BCUT2D eigenvalue weighted by Crippen LogP contribution is -2.23. The number of nitrogens with one attached hydrogen (secondary N) is 2. The van der Waals surface area contributed by atoms with Gasteiger partial charge in [-0.2, -0.15) is 9.78 Å². The molecule has 0 saturated heterocycles. The molecular formula is C10H11N5S. The first-order chi connectivity index (χ1) is 7.77. The highest BCUT2D eigenvalue weighted by atomic mass is 32.1. The Bertz CT molecular complexity index is 540. The number of nitrogen functional groups attached to an aromatic ring is 1. The molecule has 0 bridgehead atoms. The van der Waals surface area contributed by atoms with Gasteiger partial charge in [0, 0.05) is 12.1 Å². The van der Waals surface area contributed by atoms with Gasteiger partial charge in [-0.1, -0.05) is 6.07 Å². The SMILES string of the molecule is N=C(N)n1nc(-c2cccs2)c2c1NCC2. The van der Waals surface area contributed by atoms with E-state index in [0.29, 0.717) is 0 Å². The fraction of sp³-hybridized carbons (Fsp3) is 0.200. The fourth-order valence-corrected chi connectivity index (χ4v) is 2.70. The van der Waals surface area contributed by atoms with Crippen LogP contribution in [0.2, 0.25) is 0 Å². The Morgan fingerprint density at radius 2 is 2.50 bits per heavy atom. The van der Waals surface area contributed by atoms with Crippen LogP contribution in [0, 0.1) is 5.41 Å². The van der Waals surface area contributed by atoms with Crippen LogP contribution in [0.5, 0.6) is 0 Å². The summed E-state index contributed by atoms with van der Waals surface area (Å²) in [6, 6.07) is 4.04. The lowest BCUT2D eigenvalue weighted by molar-refractivity contribution is 0.912. The minimum absolute atomic E-state index is 0.0477. The summed E-state index contributed by atoms with van der Waals surface area (Å²) < 4.78 is 1.47. The van der Waals surface area contributed by atoms with Crippen LogP contribution < -0.4 is 11.1 Å². The number of aromatic nitrogens is 2. The predicted octanol–water partition coefficient (Wildman–Crippen LogP) is 1.32. The monoisotopic (exact) mass is 233 g/mol. The second-order valence-corrected chi connectivity index (χ2v) is 4.57. The van der Waals surface area contributed by atoms with Crippen molar-refractivity contribution in [3.05, 3.63) is 23.1 Å². The second kappa shape index (κ2) is 3.34. The number of fused-ring (bicyclic) bond motifs is 1. The molecule has 3 heterocycles. The zero-order valence-electron chi connectivity index (χ0n) is 8.53. The maximum atomic E-state index is 7.48. The zero-order valence-corrected chi connectivity index (χ0v) is 9.34. The quantitative estimate of drug-likeness (QED) is 0.513. The first-order valence-electron chi connectivity index (χ1n) is 5.01. The van der Waals surface area contributed by atoms with Crippen LogP contribution in [0.4, 0.5) is 5.82 Å². The van der Waals surface area contributed by atoms with E-state index in [-0.39, 0.29) is 5.96 Å². The summed E-state index contributed by atoms with van der Waals surface area (Å²) in [6.45, 7) is 0.888.